The van der Waals surface area contributed by atoms with Crippen LogP contribution in [0.1, 0.15) is 16.1 Å². The summed E-state index contributed by atoms with van der Waals surface area (Å²) in [5.41, 5.74) is 1.03. The van der Waals surface area contributed by atoms with Crippen molar-refractivity contribution in [2.45, 2.75) is 0 Å². The Morgan fingerprint density at radius 1 is 1.50 bits per heavy atom. The number of nitro groups is 1. The molecule has 0 bridgehead atoms. The van der Waals surface area contributed by atoms with E-state index < -0.39 is 4.92 Å². The van der Waals surface area contributed by atoms with Crippen molar-refractivity contribution in [1.29, 1.82) is 0 Å². The van der Waals surface area contributed by atoms with Gasteiger partial charge in [-0.05, 0) is 19.1 Å². The zero-order valence-electron chi connectivity index (χ0n) is 9.97. The van der Waals surface area contributed by atoms with Crippen LogP contribution in [-0.2, 0) is 7.05 Å². The van der Waals surface area contributed by atoms with E-state index in [0.717, 1.165) is 0 Å². The highest BCUT2D eigenvalue weighted by molar-refractivity contribution is 6.06. The van der Waals surface area contributed by atoms with Crippen LogP contribution < -0.4 is 4.74 Å². The maximum Gasteiger partial charge on any atom is 0.320 e. The lowest BCUT2D eigenvalue weighted by atomic mass is 10.1. The summed E-state index contributed by atoms with van der Waals surface area (Å²) < 4.78 is 6.62. The summed E-state index contributed by atoms with van der Waals surface area (Å²) in [6, 6.07) is 3.18. The number of rotatable bonds is 3. The number of aldehydes is 1. The molecule has 0 saturated carbocycles. The molecule has 18 heavy (non-hydrogen) atoms. The fraction of sp³-hybridized carbons (Fsp3) is 0.167. The second-order valence-corrected chi connectivity index (χ2v) is 3.80. The fourth-order valence-electron chi connectivity index (χ4n) is 2.05. The number of benzene rings is 1. The number of carbonyl (C=O) groups is 1. The minimum Gasteiger partial charge on any atom is -0.490 e. The zero-order chi connectivity index (χ0) is 13.4. The average Bonchev–Trinajstić information content (AvgIpc) is 2.60. The first-order valence-corrected chi connectivity index (χ1v) is 5.13. The Kier molecular flexibility index (Phi) is 2.78. The van der Waals surface area contributed by atoms with Crippen molar-refractivity contribution in [3.8, 4) is 5.75 Å². The molecular weight excluding hydrogens is 236 g/mol. The highest BCUT2D eigenvalue weighted by Crippen LogP contribution is 2.38. The summed E-state index contributed by atoms with van der Waals surface area (Å²) >= 11 is 0. The van der Waals surface area contributed by atoms with Gasteiger partial charge in [-0.25, -0.2) is 0 Å². The largest absolute Gasteiger partial charge is 0.490 e. The lowest BCUT2D eigenvalue weighted by molar-refractivity contribution is -0.383. The standard InChI is InChI=1S/C12H11N2O4/c1-7-8(6-15)11-9(13(7)2)4-5-10(18-3)12(11)14(16)17/h4-6H,1H2,2-3H3. The van der Waals surface area contributed by atoms with E-state index in [0.29, 0.717) is 17.5 Å². The van der Waals surface area contributed by atoms with Crippen molar-refractivity contribution in [3.05, 3.63) is 40.4 Å². The number of methoxy groups -OCH3 is 1. The predicted octanol–water partition coefficient (Wildman–Crippen LogP) is 2.09. The van der Waals surface area contributed by atoms with Gasteiger partial charge in [-0.15, -0.1) is 0 Å². The first-order valence-electron chi connectivity index (χ1n) is 5.13. The van der Waals surface area contributed by atoms with E-state index in [1.54, 1.807) is 17.7 Å². The van der Waals surface area contributed by atoms with Crippen LogP contribution in [0.15, 0.2) is 12.1 Å². The molecular formula is C12H11N2O4. The van der Waals surface area contributed by atoms with E-state index in [2.05, 4.69) is 6.92 Å². The van der Waals surface area contributed by atoms with E-state index in [9.17, 15) is 14.9 Å². The van der Waals surface area contributed by atoms with Crippen molar-refractivity contribution in [3.63, 3.8) is 0 Å². The molecule has 0 aliphatic carbocycles. The molecule has 1 aromatic carbocycles. The van der Waals surface area contributed by atoms with Gasteiger partial charge in [0.2, 0.25) is 0 Å². The summed E-state index contributed by atoms with van der Waals surface area (Å²) in [7, 11) is 3.05. The monoisotopic (exact) mass is 247 g/mol. The number of aromatic nitrogens is 1. The van der Waals surface area contributed by atoms with Gasteiger partial charge in [0.25, 0.3) is 0 Å². The third-order valence-corrected chi connectivity index (χ3v) is 2.99. The van der Waals surface area contributed by atoms with Crippen LogP contribution in [0.25, 0.3) is 10.9 Å². The average molecular weight is 247 g/mol. The summed E-state index contributed by atoms with van der Waals surface area (Å²) in [4.78, 5) is 21.7. The topological polar surface area (TPSA) is 74.4 Å². The lowest BCUT2D eigenvalue weighted by Gasteiger charge is -2.03. The zero-order valence-corrected chi connectivity index (χ0v) is 9.97. The van der Waals surface area contributed by atoms with Crippen molar-refractivity contribution in [2.24, 2.45) is 7.05 Å². The molecule has 2 rings (SSSR count). The Morgan fingerprint density at radius 2 is 2.17 bits per heavy atom. The van der Waals surface area contributed by atoms with Crippen molar-refractivity contribution in [1.82, 2.24) is 4.57 Å². The number of nitro benzene ring substituents is 1. The molecule has 6 nitrogen and oxygen atoms in total. The first kappa shape index (κ1) is 12.1. The van der Waals surface area contributed by atoms with Gasteiger partial charge in [-0.2, -0.15) is 0 Å². The number of hydrogen-bond acceptors (Lipinski definition) is 4. The molecule has 0 amide bonds. The Labute approximate surface area is 103 Å². The quantitative estimate of drug-likeness (QED) is 0.473. The summed E-state index contributed by atoms with van der Waals surface area (Å²) in [6.07, 6.45) is 0.580. The van der Waals surface area contributed by atoms with Gasteiger partial charge >= 0.3 is 5.69 Å². The minimum absolute atomic E-state index is 0.126. The fourth-order valence-corrected chi connectivity index (χ4v) is 2.05. The maximum atomic E-state index is 11.2. The van der Waals surface area contributed by atoms with Gasteiger partial charge in [-0.3, -0.25) is 14.9 Å². The predicted molar refractivity (Wildman–Crippen MR) is 66.0 cm³/mol. The molecule has 93 valence electrons. The Balaban J connectivity index is 3.04. The molecule has 1 radical (unpaired) electrons. The molecule has 0 saturated heterocycles. The highest BCUT2D eigenvalue weighted by Gasteiger charge is 2.25. The smallest absolute Gasteiger partial charge is 0.320 e. The van der Waals surface area contributed by atoms with Gasteiger partial charge in [0.15, 0.2) is 12.0 Å². The summed E-state index contributed by atoms with van der Waals surface area (Å²) in [6.45, 7) is 3.75. The lowest BCUT2D eigenvalue weighted by Crippen LogP contribution is -1.95. The highest BCUT2D eigenvalue weighted by atomic mass is 16.6. The van der Waals surface area contributed by atoms with E-state index in [1.807, 2.05) is 0 Å². The molecule has 0 aliphatic heterocycles. The molecule has 0 spiro atoms. The Hall–Kier alpha value is -2.37. The van der Waals surface area contributed by atoms with Crippen LogP contribution >= 0.6 is 0 Å². The molecule has 0 unspecified atom stereocenters. The SMILES string of the molecule is [CH2]c1c(C=O)c2c([N+](=O)[O-])c(OC)ccc2n1C. The second kappa shape index (κ2) is 4.14. The van der Waals surface area contributed by atoms with Crippen LogP contribution in [0, 0.1) is 17.0 Å². The molecule has 0 atom stereocenters. The summed E-state index contributed by atoms with van der Waals surface area (Å²) in [5.74, 6) is 0.126. The van der Waals surface area contributed by atoms with Crippen molar-refractivity contribution < 1.29 is 14.5 Å². The second-order valence-electron chi connectivity index (χ2n) is 3.80. The van der Waals surface area contributed by atoms with Gasteiger partial charge in [0.05, 0.1) is 28.5 Å². The Bertz CT molecular complexity index is 658. The van der Waals surface area contributed by atoms with E-state index in [1.165, 1.54) is 13.2 Å². The maximum absolute atomic E-state index is 11.2. The van der Waals surface area contributed by atoms with E-state index in [4.69, 9.17) is 4.74 Å². The third kappa shape index (κ3) is 1.46. The number of fused-ring (bicyclic) bond motifs is 1. The molecule has 6 heteroatoms. The molecule has 0 fully saturated rings. The van der Waals surface area contributed by atoms with Crippen LogP contribution in [0.4, 0.5) is 5.69 Å². The van der Waals surface area contributed by atoms with Crippen molar-refractivity contribution >= 4 is 22.9 Å². The van der Waals surface area contributed by atoms with Crippen LogP contribution in [0.2, 0.25) is 0 Å². The molecule has 1 heterocycles. The minimum atomic E-state index is -0.548. The normalized spacial score (nSPS) is 10.6. The number of carbonyl (C=O) groups excluding carboxylic acids is 1. The van der Waals surface area contributed by atoms with Crippen LogP contribution in [0.5, 0.6) is 5.75 Å². The van der Waals surface area contributed by atoms with Crippen LogP contribution in [-0.4, -0.2) is 22.9 Å². The van der Waals surface area contributed by atoms with E-state index in [-0.39, 0.29) is 22.4 Å². The number of nitrogens with zero attached hydrogens (tertiary/aromatic N) is 2. The summed E-state index contributed by atoms with van der Waals surface area (Å²) in [5, 5.41) is 11.4. The first-order chi connectivity index (χ1) is 8.52. The van der Waals surface area contributed by atoms with Crippen LogP contribution in [0.3, 0.4) is 0 Å². The third-order valence-electron chi connectivity index (χ3n) is 2.99. The number of hydrogen-bond donors (Lipinski definition) is 0. The van der Waals surface area contributed by atoms with E-state index >= 15 is 0 Å². The van der Waals surface area contributed by atoms with Gasteiger partial charge < -0.3 is 9.30 Å². The number of ether oxygens (including phenoxy) is 1. The molecule has 0 N–H and O–H groups in total. The molecule has 2 aromatic rings. The number of aryl methyl sites for hydroxylation is 1. The van der Waals surface area contributed by atoms with Gasteiger partial charge in [0, 0.05) is 12.7 Å². The van der Waals surface area contributed by atoms with Crippen molar-refractivity contribution in [2.75, 3.05) is 7.11 Å². The Morgan fingerprint density at radius 3 is 2.67 bits per heavy atom. The van der Waals surface area contributed by atoms with Gasteiger partial charge in [-0.1, -0.05) is 0 Å². The van der Waals surface area contributed by atoms with Gasteiger partial charge in [0.1, 0.15) is 0 Å². The molecule has 0 aliphatic rings. The molecule has 1 aromatic heterocycles.